The van der Waals surface area contributed by atoms with Gasteiger partial charge in [-0.15, -0.1) is 0 Å². The van der Waals surface area contributed by atoms with Crippen LogP contribution in [0.1, 0.15) is 100 Å². The summed E-state index contributed by atoms with van der Waals surface area (Å²) in [6.07, 6.45) is -0.807. The fourth-order valence-corrected chi connectivity index (χ4v) is 6.15. The van der Waals surface area contributed by atoms with Gasteiger partial charge in [-0.25, -0.2) is 13.2 Å². The van der Waals surface area contributed by atoms with Crippen LogP contribution in [0.2, 0.25) is 0 Å². The molecule has 15 heteroatoms. The SMILES string of the molecule is CC(C)C[C@H](NC(=O)OC(C)(C)C)C(=O)N[C@@H](CCS(C)(=O)=O)C(=O)N[C@@H](CC(C)C)[C@@H](O)C[C@@H](C)C(=O)N[C@H](C(=O)NCc1ccccc1)C(C)C. The molecule has 0 spiro atoms. The number of sulfone groups is 1. The standard InChI is InChI=1S/C38H65N5O9S/c1-23(2)19-29(31(44)21-26(7)33(45)43-32(25(5)6)36(48)39-22-27-15-13-12-14-16-27)41-34(46)28(17-18-53(11,50)51)40-35(47)30(20-24(3)4)42-37(49)52-38(8,9)10/h12-16,23-26,28-32,44H,17-22H2,1-11H3,(H,39,48)(H,40,47)(H,41,46)(H,42,49)(H,43,45)/t26-,28+,29+,30+,31+,32+/m1/s1. The van der Waals surface area contributed by atoms with E-state index in [1.54, 1.807) is 27.7 Å². The first-order valence-electron chi connectivity index (χ1n) is 18.5. The summed E-state index contributed by atoms with van der Waals surface area (Å²) in [5.41, 5.74) is 0.0915. The van der Waals surface area contributed by atoms with Crippen molar-refractivity contribution >= 4 is 39.6 Å². The minimum absolute atomic E-state index is 0.00442. The first-order valence-corrected chi connectivity index (χ1v) is 20.5. The van der Waals surface area contributed by atoms with Crippen molar-refractivity contribution < 1.29 is 42.2 Å². The number of carbonyl (C=O) groups excluding carboxylic acids is 5. The van der Waals surface area contributed by atoms with Crippen LogP contribution in [0.15, 0.2) is 30.3 Å². The number of nitrogens with one attached hydrogen (secondary N) is 5. The summed E-state index contributed by atoms with van der Waals surface area (Å²) in [5.74, 6) is -3.63. The fraction of sp³-hybridized carbons (Fsp3) is 0.711. The molecule has 0 heterocycles. The van der Waals surface area contributed by atoms with E-state index in [1.807, 2.05) is 71.9 Å². The van der Waals surface area contributed by atoms with E-state index >= 15 is 0 Å². The molecule has 6 atom stereocenters. The number of rotatable bonds is 21. The molecule has 0 saturated heterocycles. The number of carbonyl (C=O) groups is 5. The topological polar surface area (TPSA) is 209 Å². The predicted octanol–water partition coefficient (Wildman–Crippen LogP) is 3.22. The largest absolute Gasteiger partial charge is 0.444 e. The Kier molecular flexibility index (Phi) is 19.5. The van der Waals surface area contributed by atoms with Gasteiger partial charge < -0.3 is 36.4 Å². The van der Waals surface area contributed by atoms with Crippen molar-refractivity contribution in [2.24, 2.45) is 23.7 Å². The molecule has 0 fully saturated rings. The van der Waals surface area contributed by atoms with Crippen molar-refractivity contribution in [1.29, 1.82) is 0 Å². The zero-order valence-electron chi connectivity index (χ0n) is 33.4. The average molecular weight is 768 g/mol. The van der Waals surface area contributed by atoms with Gasteiger partial charge in [0.25, 0.3) is 0 Å². The van der Waals surface area contributed by atoms with Crippen molar-refractivity contribution in [1.82, 2.24) is 26.6 Å². The molecule has 5 amide bonds. The van der Waals surface area contributed by atoms with Crippen LogP contribution in [0.25, 0.3) is 0 Å². The zero-order valence-corrected chi connectivity index (χ0v) is 34.3. The Morgan fingerprint density at radius 3 is 1.81 bits per heavy atom. The Labute approximate surface area is 316 Å². The minimum atomic E-state index is -3.54. The second kappa shape index (κ2) is 21.9. The average Bonchev–Trinajstić information content (AvgIpc) is 3.01. The molecule has 6 N–H and O–H groups in total. The van der Waals surface area contributed by atoms with Gasteiger partial charge in [-0.1, -0.05) is 78.8 Å². The maximum absolute atomic E-state index is 13.8. The third kappa shape index (κ3) is 19.8. The number of alkyl carbamates (subject to hydrolysis) is 1. The second-order valence-electron chi connectivity index (χ2n) is 16.2. The zero-order chi connectivity index (χ0) is 40.7. The van der Waals surface area contributed by atoms with Gasteiger partial charge in [-0.2, -0.15) is 0 Å². The number of hydrogen-bond donors (Lipinski definition) is 6. The Morgan fingerprint density at radius 1 is 0.736 bits per heavy atom. The highest BCUT2D eigenvalue weighted by Crippen LogP contribution is 2.18. The van der Waals surface area contributed by atoms with E-state index < -0.39 is 81.2 Å². The lowest BCUT2D eigenvalue weighted by Gasteiger charge is -2.30. The lowest BCUT2D eigenvalue weighted by Crippen LogP contribution is -2.57. The molecule has 1 aromatic carbocycles. The van der Waals surface area contributed by atoms with Gasteiger partial charge >= 0.3 is 6.09 Å². The van der Waals surface area contributed by atoms with Gasteiger partial charge in [0, 0.05) is 18.7 Å². The van der Waals surface area contributed by atoms with Gasteiger partial charge in [0.1, 0.15) is 33.6 Å². The molecule has 0 radical (unpaired) electrons. The monoisotopic (exact) mass is 767 g/mol. The van der Waals surface area contributed by atoms with Crippen LogP contribution in [-0.4, -0.2) is 91.1 Å². The molecule has 0 aliphatic rings. The Hall–Kier alpha value is -3.72. The van der Waals surface area contributed by atoms with Crippen LogP contribution >= 0.6 is 0 Å². The quantitative estimate of drug-likeness (QED) is 0.108. The highest BCUT2D eigenvalue weighted by molar-refractivity contribution is 7.90. The highest BCUT2D eigenvalue weighted by Gasteiger charge is 2.33. The maximum Gasteiger partial charge on any atom is 0.408 e. The van der Waals surface area contributed by atoms with E-state index in [2.05, 4.69) is 26.6 Å². The number of benzene rings is 1. The van der Waals surface area contributed by atoms with Crippen LogP contribution in [-0.2, 0) is 40.3 Å². The van der Waals surface area contributed by atoms with Crippen LogP contribution in [0.3, 0.4) is 0 Å². The van der Waals surface area contributed by atoms with Crippen molar-refractivity contribution in [2.45, 2.75) is 137 Å². The molecule has 0 unspecified atom stereocenters. The highest BCUT2D eigenvalue weighted by atomic mass is 32.2. The molecule has 1 aromatic rings. The molecule has 0 saturated carbocycles. The van der Waals surface area contributed by atoms with E-state index in [9.17, 15) is 37.5 Å². The smallest absolute Gasteiger partial charge is 0.408 e. The summed E-state index contributed by atoms with van der Waals surface area (Å²) in [6.45, 7) is 18.1. The molecule has 1 rings (SSSR count). The van der Waals surface area contributed by atoms with Gasteiger partial charge in [0.2, 0.25) is 23.6 Å². The number of ether oxygens (including phenoxy) is 1. The molecule has 0 bridgehead atoms. The summed E-state index contributed by atoms with van der Waals surface area (Å²) in [6, 6.07) is 5.30. The van der Waals surface area contributed by atoms with E-state index in [-0.39, 0.29) is 42.9 Å². The molecule has 0 aliphatic carbocycles. The molecular formula is C38H65N5O9S. The molecule has 302 valence electrons. The first-order chi connectivity index (χ1) is 24.4. The molecule has 14 nitrogen and oxygen atoms in total. The fourth-order valence-electron chi connectivity index (χ4n) is 5.49. The van der Waals surface area contributed by atoms with E-state index in [4.69, 9.17) is 4.74 Å². The van der Waals surface area contributed by atoms with Crippen LogP contribution in [0, 0.1) is 23.7 Å². The normalized spacial score (nSPS) is 15.5. The number of aliphatic hydroxyl groups excluding tert-OH is 1. The summed E-state index contributed by atoms with van der Waals surface area (Å²) in [4.78, 5) is 66.1. The molecule has 53 heavy (non-hydrogen) atoms. The Bertz CT molecular complexity index is 1450. The Morgan fingerprint density at radius 2 is 1.30 bits per heavy atom. The summed E-state index contributed by atoms with van der Waals surface area (Å²) < 4.78 is 29.5. The van der Waals surface area contributed by atoms with E-state index in [0.29, 0.717) is 13.0 Å². The van der Waals surface area contributed by atoms with Crippen molar-refractivity contribution in [3.63, 3.8) is 0 Å². The van der Waals surface area contributed by atoms with E-state index in [0.717, 1.165) is 11.8 Å². The van der Waals surface area contributed by atoms with Gasteiger partial charge in [0.05, 0.1) is 17.9 Å². The number of amides is 5. The van der Waals surface area contributed by atoms with Crippen molar-refractivity contribution in [3.05, 3.63) is 35.9 Å². The van der Waals surface area contributed by atoms with E-state index in [1.165, 1.54) is 0 Å². The van der Waals surface area contributed by atoms with Gasteiger partial charge in [0.15, 0.2) is 0 Å². The Balaban J connectivity index is 3.13. The van der Waals surface area contributed by atoms with Gasteiger partial charge in [-0.05, 0) is 69.8 Å². The summed E-state index contributed by atoms with van der Waals surface area (Å²) in [7, 11) is -3.54. The lowest BCUT2D eigenvalue weighted by atomic mass is 9.91. The predicted molar refractivity (Wildman–Crippen MR) is 205 cm³/mol. The van der Waals surface area contributed by atoms with Gasteiger partial charge in [-0.3, -0.25) is 19.2 Å². The first kappa shape index (κ1) is 47.3. The molecule has 0 aromatic heterocycles. The molecular weight excluding hydrogens is 703 g/mol. The summed E-state index contributed by atoms with van der Waals surface area (Å²) >= 11 is 0. The maximum atomic E-state index is 13.8. The third-order valence-electron chi connectivity index (χ3n) is 8.24. The number of hydrogen-bond acceptors (Lipinski definition) is 9. The molecule has 0 aliphatic heterocycles. The lowest BCUT2D eigenvalue weighted by molar-refractivity contribution is -0.133. The number of aliphatic hydroxyl groups is 1. The second-order valence-corrected chi connectivity index (χ2v) is 18.5. The van der Waals surface area contributed by atoms with Crippen molar-refractivity contribution in [2.75, 3.05) is 12.0 Å². The van der Waals surface area contributed by atoms with Crippen LogP contribution < -0.4 is 26.6 Å². The third-order valence-corrected chi connectivity index (χ3v) is 9.22. The minimum Gasteiger partial charge on any atom is -0.444 e. The summed E-state index contributed by atoms with van der Waals surface area (Å²) in [5, 5.41) is 25.0. The van der Waals surface area contributed by atoms with Crippen LogP contribution in [0.4, 0.5) is 4.79 Å². The van der Waals surface area contributed by atoms with Crippen LogP contribution in [0.5, 0.6) is 0 Å². The van der Waals surface area contributed by atoms with Crippen molar-refractivity contribution in [3.8, 4) is 0 Å².